The van der Waals surface area contributed by atoms with Gasteiger partial charge < -0.3 is 5.11 Å². The highest BCUT2D eigenvalue weighted by Crippen LogP contribution is 2.18. The summed E-state index contributed by atoms with van der Waals surface area (Å²) < 4.78 is 0. The molecule has 0 aliphatic heterocycles. The third kappa shape index (κ3) is 3.14. The molecule has 0 saturated heterocycles. The van der Waals surface area contributed by atoms with Gasteiger partial charge in [-0.15, -0.1) is 0 Å². The zero-order valence-corrected chi connectivity index (χ0v) is 11.0. The van der Waals surface area contributed by atoms with Gasteiger partial charge in [0.1, 0.15) is 11.9 Å². The molecular formula is C15H18N2O. The first kappa shape index (κ1) is 12.7. The Morgan fingerprint density at radius 1 is 1.11 bits per heavy atom. The van der Waals surface area contributed by atoms with Crippen molar-refractivity contribution < 1.29 is 5.11 Å². The molecule has 0 amide bonds. The lowest BCUT2D eigenvalue weighted by molar-refractivity contribution is 0.173. The fraction of sp³-hybridized carbons (Fsp3) is 0.333. The van der Waals surface area contributed by atoms with Gasteiger partial charge in [0, 0.05) is 12.6 Å². The van der Waals surface area contributed by atoms with Crippen LogP contribution >= 0.6 is 0 Å². The van der Waals surface area contributed by atoms with Crippen LogP contribution in [0.4, 0.5) is 0 Å². The van der Waals surface area contributed by atoms with E-state index in [1.807, 2.05) is 6.92 Å². The van der Waals surface area contributed by atoms with Crippen LogP contribution < -0.4 is 0 Å². The maximum atomic E-state index is 10.2. The monoisotopic (exact) mass is 242 g/mol. The molecule has 1 N–H and O–H groups in total. The molecule has 1 aromatic heterocycles. The molecular weight excluding hydrogens is 224 g/mol. The van der Waals surface area contributed by atoms with Gasteiger partial charge in [-0.2, -0.15) is 0 Å². The summed E-state index contributed by atoms with van der Waals surface area (Å²) in [6.07, 6.45) is 1.69. The van der Waals surface area contributed by atoms with Gasteiger partial charge in [0.05, 0.1) is 5.69 Å². The molecule has 0 bridgehead atoms. The molecule has 18 heavy (non-hydrogen) atoms. The van der Waals surface area contributed by atoms with E-state index >= 15 is 0 Å². The predicted octanol–water partition coefficient (Wildman–Crippen LogP) is 2.68. The molecule has 0 aliphatic rings. The van der Waals surface area contributed by atoms with E-state index in [0.717, 1.165) is 5.56 Å². The molecule has 0 saturated carbocycles. The molecule has 0 aliphatic carbocycles. The van der Waals surface area contributed by atoms with Crippen LogP contribution in [0.3, 0.4) is 0 Å². The van der Waals surface area contributed by atoms with Crippen molar-refractivity contribution in [1.82, 2.24) is 9.97 Å². The Hall–Kier alpha value is -1.74. The Labute approximate surface area is 108 Å². The molecule has 1 unspecified atom stereocenters. The summed E-state index contributed by atoms with van der Waals surface area (Å²) in [6, 6.07) is 8.10. The fourth-order valence-electron chi connectivity index (χ4n) is 2.17. The van der Waals surface area contributed by atoms with E-state index < -0.39 is 6.10 Å². The van der Waals surface area contributed by atoms with E-state index in [1.165, 1.54) is 11.1 Å². The van der Waals surface area contributed by atoms with Crippen molar-refractivity contribution in [3.05, 3.63) is 58.7 Å². The van der Waals surface area contributed by atoms with Gasteiger partial charge in [-0.3, -0.25) is 0 Å². The number of aliphatic hydroxyl groups excluding tert-OH is 1. The van der Waals surface area contributed by atoms with Crippen LogP contribution in [0.25, 0.3) is 0 Å². The average Bonchev–Trinajstić information content (AvgIpc) is 2.27. The van der Waals surface area contributed by atoms with Crippen molar-refractivity contribution in [2.45, 2.75) is 33.3 Å². The molecule has 1 atom stereocenters. The minimum atomic E-state index is -0.576. The summed E-state index contributed by atoms with van der Waals surface area (Å²) in [4.78, 5) is 8.29. The van der Waals surface area contributed by atoms with Gasteiger partial charge in [0.15, 0.2) is 0 Å². The minimum absolute atomic E-state index is 0.576. The number of aliphatic hydroxyl groups is 1. The highest BCUT2D eigenvalue weighted by atomic mass is 16.3. The van der Waals surface area contributed by atoms with E-state index in [-0.39, 0.29) is 0 Å². The first-order chi connectivity index (χ1) is 8.54. The molecule has 0 radical (unpaired) electrons. The molecule has 0 spiro atoms. The number of aryl methyl sites for hydroxylation is 3. The van der Waals surface area contributed by atoms with Crippen molar-refractivity contribution in [1.29, 1.82) is 0 Å². The second kappa shape index (κ2) is 5.27. The van der Waals surface area contributed by atoms with Gasteiger partial charge in [0.25, 0.3) is 0 Å². The van der Waals surface area contributed by atoms with Gasteiger partial charge in [0.2, 0.25) is 0 Å². The number of benzene rings is 1. The van der Waals surface area contributed by atoms with Crippen molar-refractivity contribution in [2.75, 3.05) is 0 Å². The van der Waals surface area contributed by atoms with Crippen molar-refractivity contribution >= 4 is 0 Å². The molecule has 3 heteroatoms. The van der Waals surface area contributed by atoms with Crippen LogP contribution in [-0.2, 0) is 6.42 Å². The Kier molecular flexibility index (Phi) is 3.72. The summed E-state index contributed by atoms with van der Waals surface area (Å²) in [7, 11) is 0. The summed E-state index contributed by atoms with van der Waals surface area (Å²) in [5.74, 6) is 0.687. The number of rotatable bonds is 3. The maximum absolute atomic E-state index is 10.2. The van der Waals surface area contributed by atoms with Crippen LogP contribution in [0, 0.1) is 20.8 Å². The Balaban J connectivity index is 2.18. The summed E-state index contributed by atoms with van der Waals surface area (Å²) in [5, 5.41) is 10.2. The second-order valence-corrected chi connectivity index (χ2v) is 4.74. The van der Waals surface area contributed by atoms with Crippen molar-refractivity contribution in [3.8, 4) is 0 Å². The van der Waals surface area contributed by atoms with Crippen LogP contribution in [0.1, 0.15) is 34.3 Å². The normalized spacial score (nSPS) is 12.4. The molecule has 94 valence electrons. The summed E-state index contributed by atoms with van der Waals surface area (Å²) >= 11 is 0. The fourth-order valence-corrected chi connectivity index (χ4v) is 2.17. The van der Waals surface area contributed by atoms with E-state index in [1.54, 1.807) is 12.3 Å². The molecule has 3 nitrogen and oxygen atoms in total. The quantitative estimate of drug-likeness (QED) is 0.900. The third-order valence-corrected chi connectivity index (χ3v) is 2.85. The number of hydrogen-bond donors (Lipinski definition) is 1. The molecule has 1 heterocycles. The number of aromatic nitrogens is 2. The van der Waals surface area contributed by atoms with Gasteiger partial charge in [-0.25, -0.2) is 9.97 Å². The Morgan fingerprint density at radius 3 is 2.39 bits per heavy atom. The first-order valence-corrected chi connectivity index (χ1v) is 6.09. The topological polar surface area (TPSA) is 46.0 Å². The lowest BCUT2D eigenvalue weighted by Gasteiger charge is -2.11. The highest BCUT2D eigenvalue weighted by molar-refractivity contribution is 5.29. The first-order valence-electron chi connectivity index (χ1n) is 6.09. The average molecular weight is 242 g/mol. The third-order valence-electron chi connectivity index (χ3n) is 2.85. The standard InChI is InChI=1S/C15H18N2O/c1-10-6-11(2)8-13(7-10)9-15(18)14-4-5-16-12(3)17-14/h4-8,15,18H,9H2,1-3H3. The highest BCUT2D eigenvalue weighted by Gasteiger charge is 2.11. The van der Waals surface area contributed by atoms with Gasteiger partial charge in [-0.1, -0.05) is 29.3 Å². The molecule has 2 rings (SSSR count). The van der Waals surface area contributed by atoms with Gasteiger partial charge >= 0.3 is 0 Å². The molecule has 2 aromatic rings. The van der Waals surface area contributed by atoms with Crippen molar-refractivity contribution in [3.63, 3.8) is 0 Å². The predicted molar refractivity (Wildman–Crippen MR) is 71.3 cm³/mol. The minimum Gasteiger partial charge on any atom is -0.386 e. The Morgan fingerprint density at radius 2 is 1.78 bits per heavy atom. The van der Waals surface area contributed by atoms with E-state index in [0.29, 0.717) is 17.9 Å². The largest absolute Gasteiger partial charge is 0.386 e. The lowest BCUT2D eigenvalue weighted by Crippen LogP contribution is -2.06. The SMILES string of the molecule is Cc1cc(C)cc(CC(O)c2ccnc(C)n2)c1. The van der Waals surface area contributed by atoms with Crippen LogP contribution in [-0.4, -0.2) is 15.1 Å². The van der Waals surface area contributed by atoms with Crippen LogP contribution in [0.5, 0.6) is 0 Å². The molecule has 1 aromatic carbocycles. The zero-order valence-electron chi connectivity index (χ0n) is 11.0. The van der Waals surface area contributed by atoms with E-state index in [9.17, 15) is 5.11 Å². The van der Waals surface area contributed by atoms with E-state index in [4.69, 9.17) is 0 Å². The maximum Gasteiger partial charge on any atom is 0.125 e. The van der Waals surface area contributed by atoms with Gasteiger partial charge in [-0.05, 0) is 32.4 Å². The van der Waals surface area contributed by atoms with Crippen molar-refractivity contribution in [2.24, 2.45) is 0 Å². The number of hydrogen-bond acceptors (Lipinski definition) is 3. The summed E-state index contributed by atoms with van der Waals surface area (Å²) in [5.41, 5.74) is 4.25. The lowest BCUT2D eigenvalue weighted by atomic mass is 10.0. The zero-order chi connectivity index (χ0) is 13.1. The van der Waals surface area contributed by atoms with E-state index in [2.05, 4.69) is 42.0 Å². The smallest absolute Gasteiger partial charge is 0.125 e. The number of nitrogens with zero attached hydrogens (tertiary/aromatic N) is 2. The van der Waals surface area contributed by atoms with Crippen LogP contribution in [0.15, 0.2) is 30.5 Å². The second-order valence-electron chi connectivity index (χ2n) is 4.74. The Bertz CT molecular complexity index is 532. The van der Waals surface area contributed by atoms with Crippen LogP contribution in [0.2, 0.25) is 0 Å². The molecule has 0 fully saturated rings. The summed E-state index contributed by atoms with van der Waals surface area (Å²) in [6.45, 7) is 5.96.